The van der Waals surface area contributed by atoms with E-state index in [-0.39, 0.29) is 12.0 Å². The van der Waals surface area contributed by atoms with Gasteiger partial charge in [0.15, 0.2) is 0 Å². The number of nitrogens with zero attached hydrogens (tertiary/aromatic N) is 1. The van der Waals surface area contributed by atoms with Crippen molar-refractivity contribution in [2.75, 3.05) is 0 Å². The van der Waals surface area contributed by atoms with Gasteiger partial charge in [-0.25, -0.2) is 13.6 Å². The van der Waals surface area contributed by atoms with Crippen LogP contribution in [-0.2, 0) is 17.8 Å². The second kappa shape index (κ2) is 10.2. The van der Waals surface area contributed by atoms with E-state index in [2.05, 4.69) is 10.3 Å². The summed E-state index contributed by atoms with van der Waals surface area (Å²) >= 11 is 0. The number of H-pyrrole nitrogens is 1. The van der Waals surface area contributed by atoms with Crippen molar-refractivity contribution in [2.24, 2.45) is 0 Å². The normalized spacial score (nSPS) is 13.7. The minimum Gasteiger partial charge on any atom is -0.465 e. The van der Waals surface area contributed by atoms with Crippen molar-refractivity contribution in [3.05, 3.63) is 107 Å². The molecule has 0 saturated heterocycles. The molecule has 0 aliphatic rings. The van der Waals surface area contributed by atoms with Gasteiger partial charge in [-0.05, 0) is 49.2 Å². The van der Waals surface area contributed by atoms with Gasteiger partial charge in [-0.3, -0.25) is 9.69 Å². The van der Waals surface area contributed by atoms with E-state index < -0.39 is 41.8 Å². The number of aromatic nitrogens is 1. The first-order chi connectivity index (χ1) is 17.2. The van der Waals surface area contributed by atoms with Crippen molar-refractivity contribution in [3.63, 3.8) is 0 Å². The van der Waals surface area contributed by atoms with Crippen LogP contribution in [0.3, 0.4) is 0 Å². The summed E-state index contributed by atoms with van der Waals surface area (Å²) < 4.78 is 28.4. The van der Waals surface area contributed by atoms with E-state index in [1.165, 1.54) is 6.92 Å². The van der Waals surface area contributed by atoms with E-state index in [9.17, 15) is 23.5 Å². The summed E-state index contributed by atoms with van der Waals surface area (Å²) in [4.78, 5) is 30.3. The Morgan fingerprint density at radius 3 is 2.44 bits per heavy atom. The molecule has 4 rings (SSSR count). The number of rotatable bonds is 8. The fourth-order valence-corrected chi connectivity index (χ4v) is 4.41. The third kappa shape index (κ3) is 5.07. The van der Waals surface area contributed by atoms with Gasteiger partial charge in [0.05, 0.1) is 12.6 Å². The van der Waals surface area contributed by atoms with Gasteiger partial charge < -0.3 is 15.4 Å². The Hall–Kier alpha value is -4.20. The molecule has 0 spiro atoms. The Morgan fingerprint density at radius 1 is 1.03 bits per heavy atom. The molecule has 0 aliphatic carbocycles. The number of hydrogen-bond donors (Lipinski definition) is 3. The first kappa shape index (κ1) is 24.9. The summed E-state index contributed by atoms with van der Waals surface area (Å²) in [6, 6.07) is 19.2. The summed E-state index contributed by atoms with van der Waals surface area (Å²) in [5.41, 5.74) is 0.593. The number of halogens is 2. The molecule has 1 heterocycles. The molecule has 0 fully saturated rings. The number of nitrogens with one attached hydrogen (secondary N) is 2. The van der Waals surface area contributed by atoms with Gasteiger partial charge in [0.2, 0.25) is 5.91 Å². The number of carboxylic acid groups (broad SMARTS) is 1. The van der Waals surface area contributed by atoms with Crippen molar-refractivity contribution in [2.45, 2.75) is 38.4 Å². The number of hydrogen-bond acceptors (Lipinski definition) is 2. The van der Waals surface area contributed by atoms with Crippen LogP contribution in [0.2, 0.25) is 0 Å². The number of carbonyl (C=O) groups excluding carboxylic acids is 1. The molecule has 0 bridgehead atoms. The van der Waals surface area contributed by atoms with E-state index in [0.717, 1.165) is 45.1 Å². The van der Waals surface area contributed by atoms with Gasteiger partial charge >= 0.3 is 6.09 Å². The topological polar surface area (TPSA) is 85.4 Å². The van der Waals surface area contributed by atoms with Crippen molar-refractivity contribution in [1.29, 1.82) is 0 Å². The van der Waals surface area contributed by atoms with Crippen LogP contribution in [0.1, 0.15) is 36.6 Å². The van der Waals surface area contributed by atoms with E-state index in [0.29, 0.717) is 0 Å². The number of fused-ring (bicyclic) bond motifs is 1. The molecule has 3 N–H and O–H groups in total. The molecular formula is C28H27F2N3O3. The lowest BCUT2D eigenvalue weighted by Crippen LogP contribution is -2.60. The molecule has 36 heavy (non-hydrogen) atoms. The molecular weight excluding hydrogens is 464 g/mol. The fraction of sp³-hybridized carbons (Fsp3) is 0.214. The number of carbonyl (C=O) groups is 2. The summed E-state index contributed by atoms with van der Waals surface area (Å²) in [5, 5.41) is 14.0. The maximum absolute atomic E-state index is 14.5. The summed E-state index contributed by atoms with van der Waals surface area (Å²) in [6.45, 7) is 2.80. The predicted octanol–water partition coefficient (Wildman–Crippen LogP) is 5.80. The zero-order chi connectivity index (χ0) is 25.9. The monoisotopic (exact) mass is 491 g/mol. The van der Waals surface area contributed by atoms with Crippen molar-refractivity contribution < 1.29 is 23.5 Å². The van der Waals surface area contributed by atoms with Gasteiger partial charge in [0, 0.05) is 29.1 Å². The molecule has 2 atom stereocenters. The van der Waals surface area contributed by atoms with E-state index in [4.69, 9.17) is 0 Å². The highest BCUT2D eigenvalue weighted by atomic mass is 19.1. The Morgan fingerprint density at radius 2 is 1.72 bits per heavy atom. The number of aromatic amines is 1. The average Bonchev–Trinajstić information content (AvgIpc) is 3.27. The van der Waals surface area contributed by atoms with E-state index >= 15 is 0 Å². The average molecular weight is 492 g/mol. The minimum absolute atomic E-state index is 0.00753. The van der Waals surface area contributed by atoms with Crippen LogP contribution in [0, 0.1) is 11.6 Å². The highest BCUT2D eigenvalue weighted by molar-refractivity contribution is 5.91. The van der Waals surface area contributed by atoms with Crippen LogP contribution in [0.4, 0.5) is 13.6 Å². The largest absolute Gasteiger partial charge is 0.465 e. The standard InChI is InChI=1S/C28H27F2N3O3/c1-18(19-8-4-3-5-9-19)32-26(34)28(2,15-21-16-31-25-11-7-6-10-23(21)25)33(27(35)36)17-20-14-22(29)12-13-24(20)30/h3-14,16,18,31H,15,17H2,1-2H3,(H,32,34)(H,35,36)/t18-,28+/m0/s1. The van der Waals surface area contributed by atoms with Gasteiger partial charge in [0.1, 0.15) is 17.2 Å². The van der Waals surface area contributed by atoms with Crippen molar-refractivity contribution in [3.8, 4) is 0 Å². The molecule has 0 saturated carbocycles. The second-order valence-electron chi connectivity index (χ2n) is 9.02. The van der Waals surface area contributed by atoms with Crippen LogP contribution in [0.5, 0.6) is 0 Å². The zero-order valence-corrected chi connectivity index (χ0v) is 20.0. The highest BCUT2D eigenvalue weighted by Gasteiger charge is 2.44. The van der Waals surface area contributed by atoms with Crippen LogP contribution >= 0.6 is 0 Å². The maximum Gasteiger partial charge on any atom is 0.408 e. The Labute approximate surface area is 207 Å². The van der Waals surface area contributed by atoms with Crippen molar-refractivity contribution in [1.82, 2.24) is 15.2 Å². The molecule has 186 valence electrons. The molecule has 0 unspecified atom stereocenters. The SMILES string of the molecule is C[C@H](NC(=O)[C@@](C)(Cc1c[nH]c2ccccc12)N(Cc1cc(F)ccc1F)C(=O)O)c1ccccc1. The second-order valence-corrected chi connectivity index (χ2v) is 9.02. The third-order valence-electron chi connectivity index (χ3n) is 6.51. The molecule has 2 amide bonds. The summed E-state index contributed by atoms with van der Waals surface area (Å²) in [6.07, 6.45) is 0.316. The smallest absolute Gasteiger partial charge is 0.408 e. The summed E-state index contributed by atoms with van der Waals surface area (Å²) in [5.74, 6) is -2.00. The Balaban J connectivity index is 1.75. The molecule has 4 aromatic rings. The van der Waals surface area contributed by atoms with E-state index in [1.807, 2.05) is 54.6 Å². The molecule has 8 heteroatoms. The molecule has 0 radical (unpaired) electrons. The van der Waals surface area contributed by atoms with E-state index in [1.54, 1.807) is 13.1 Å². The first-order valence-electron chi connectivity index (χ1n) is 11.5. The number of amides is 2. The van der Waals surface area contributed by atoms with Gasteiger partial charge in [0.25, 0.3) is 0 Å². The van der Waals surface area contributed by atoms with Gasteiger partial charge in [-0.15, -0.1) is 0 Å². The van der Waals surface area contributed by atoms with Gasteiger partial charge in [-0.2, -0.15) is 0 Å². The van der Waals surface area contributed by atoms with Crippen LogP contribution < -0.4 is 5.32 Å². The molecule has 6 nitrogen and oxygen atoms in total. The maximum atomic E-state index is 14.5. The third-order valence-corrected chi connectivity index (χ3v) is 6.51. The lowest BCUT2D eigenvalue weighted by atomic mass is 9.88. The lowest BCUT2D eigenvalue weighted by molar-refractivity contribution is -0.132. The quantitative estimate of drug-likeness (QED) is 0.291. The van der Waals surface area contributed by atoms with Crippen LogP contribution in [-0.4, -0.2) is 32.5 Å². The molecule has 3 aromatic carbocycles. The van der Waals surface area contributed by atoms with Crippen LogP contribution in [0.15, 0.2) is 79.0 Å². The fourth-order valence-electron chi connectivity index (χ4n) is 4.41. The lowest BCUT2D eigenvalue weighted by Gasteiger charge is -2.39. The first-order valence-corrected chi connectivity index (χ1v) is 11.5. The molecule has 1 aromatic heterocycles. The minimum atomic E-state index is -1.65. The summed E-state index contributed by atoms with van der Waals surface area (Å²) in [7, 11) is 0. The van der Waals surface area contributed by atoms with Crippen LogP contribution in [0.25, 0.3) is 10.9 Å². The molecule has 0 aliphatic heterocycles. The Bertz CT molecular complexity index is 1390. The van der Waals surface area contributed by atoms with Crippen molar-refractivity contribution >= 4 is 22.9 Å². The number of para-hydroxylation sites is 1. The van der Waals surface area contributed by atoms with Gasteiger partial charge in [-0.1, -0.05) is 48.5 Å². The predicted molar refractivity (Wildman–Crippen MR) is 133 cm³/mol. The Kier molecular flexibility index (Phi) is 7.05. The highest BCUT2D eigenvalue weighted by Crippen LogP contribution is 2.30. The zero-order valence-electron chi connectivity index (χ0n) is 20.0. The number of benzene rings is 3.